The van der Waals surface area contributed by atoms with Gasteiger partial charge in [0.1, 0.15) is 11.6 Å². The lowest BCUT2D eigenvalue weighted by atomic mass is 10.0. The first-order valence-corrected chi connectivity index (χ1v) is 10.2. The minimum Gasteiger partial charge on any atom is -0.406 e. The van der Waals surface area contributed by atoms with Gasteiger partial charge in [0.2, 0.25) is 0 Å². The molecule has 1 amide bonds. The number of β-amino-alcohol motifs (C(OH)–C–C–N with tert-alkyl or cyclic N) is 1. The molecule has 34 heavy (non-hydrogen) atoms. The second kappa shape index (κ2) is 9.36. The van der Waals surface area contributed by atoms with Crippen molar-refractivity contribution in [3.05, 3.63) is 66.1 Å². The Labute approximate surface area is 192 Å². The number of aliphatic hydroxyl groups excluding tert-OH is 1. The Hall–Kier alpha value is -4.17. The van der Waals surface area contributed by atoms with Crippen molar-refractivity contribution in [3.63, 3.8) is 0 Å². The number of nitrogens with zero attached hydrogens (tertiary/aromatic N) is 4. The largest absolute Gasteiger partial charge is 0.573 e. The van der Waals surface area contributed by atoms with Gasteiger partial charge < -0.3 is 20.1 Å². The number of hydrogen-bond donors (Lipinski definition) is 2. The van der Waals surface area contributed by atoms with Crippen molar-refractivity contribution in [1.29, 1.82) is 5.26 Å². The number of nitrogens with one attached hydrogen (secondary N) is 1. The van der Waals surface area contributed by atoms with Crippen LogP contribution in [0.25, 0.3) is 11.1 Å². The number of aliphatic hydroxyl groups is 1. The zero-order chi connectivity index (χ0) is 24.3. The fourth-order valence-corrected chi connectivity index (χ4v) is 3.62. The van der Waals surface area contributed by atoms with Crippen LogP contribution in [-0.4, -0.2) is 46.5 Å². The average Bonchev–Trinajstić information content (AvgIpc) is 3.25. The van der Waals surface area contributed by atoms with Gasteiger partial charge in [-0.2, -0.15) is 5.26 Å². The molecule has 2 N–H and O–H groups in total. The van der Waals surface area contributed by atoms with Crippen molar-refractivity contribution in [2.24, 2.45) is 0 Å². The molecule has 1 fully saturated rings. The van der Waals surface area contributed by atoms with Gasteiger partial charge in [0, 0.05) is 48.5 Å². The van der Waals surface area contributed by atoms with Crippen molar-refractivity contribution in [1.82, 2.24) is 9.97 Å². The molecule has 8 nitrogen and oxygen atoms in total. The number of carbonyl (C=O) groups excluding carboxylic acids is 1. The highest BCUT2D eigenvalue weighted by molar-refractivity contribution is 6.05. The van der Waals surface area contributed by atoms with E-state index in [-0.39, 0.29) is 11.3 Å². The molecule has 0 aliphatic carbocycles. The number of carbonyl (C=O) groups is 1. The maximum Gasteiger partial charge on any atom is 0.573 e. The molecule has 0 saturated carbocycles. The molecule has 3 aromatic rings. The number of amides is 1. The fraction of sp³-hybridized carbons (Fsp3) is 0.217. The van der Waals surface area contributed by atoms with E-state index in [4.69, 9.17) is 0 Å². The molecular weight excluding hydrogens is 451 g/mol. The Bertz CT molecular complexity index is 1240. The van der Waals surface area contributed by atoms with Gasteiger partial charge in [-0.05, 0) is 42.8 Å². The molecule has 0 radical (unpaired) electrons. The highest BCUT2D eigenvalue weighted by Crippen LogP contribution is 2.34. The van der Waals surface area contributed by atoms with Crippen LogP contribution >= 0.6 is 0 Å². The van der Waals surface area contributed by atoms with Gasteiger partial charge in [0.05, 0.1) is 23.3 Å². The lowest BCUT2D eigenvalue weighted by Crippen LogP contribution is -2.23. The quantitative estimate of drug-likeness (QED) is 0.586. The molecule has 2 aromatic heterocycles. The van der Waals surface area contributed by atoms with Gasteiger partial charge in [-0.25, -0.2) is 4.98 Å². The third kappa shape index (κ3) is 5.24. The van der Waals surface area contributed by atoms with Gasteiger partial charge in [-0.15, -0.1) is 13.2 Å². The number of benzene rings is 1. The van der Waals surface area contributed by atoms with Crippen LogP contribution in [0.3, 0.4) is 0 Å². The van der Waals surface area contributed by atoms with Crippen molar-refractivity contribution < 1.29 is 27.8 Å². The summed E-state index contributed by atoms with van der Waals surface area (Å²) < 4.78 is 40.8. The lowest BCUT2D eigenvalue weighted by molar-refractivity contribution is -0.274. The van der Waals surface area contributed by atoms with E-state index in [0.717, 1.165) is 12.1 Å². The van der Waals surface area contributed by atoms with Gasteiger partial charge in [0.25, 0.3) is 5.91 Å². The monoisotopic (exact) mass is 469 g/mol. The van der Waals surface area contributed by atoms with Crippen LogP contribution < -0.4 is 15.0 Å². The summed E-state index contributed by atoms with van der Waals surface area (Å²) in [5.74, 6) is -0.452. The first-order valence-electron chi connectivity index (χ1n) is 10.2. The summed E-state index contributed by atoms with van der Waals surface area (Å²) in [6, 6.07) is 9.96. The molecule has 0 bridgehead atoms. The maximum atomic E-state index is 12.9. The summed E-state index contributed by atoms with van der Waals surface area (Å²) in [6.45, 7) is 0.918. The van der Waals surface area contributed by atoms with Crippen LogP contribution in [0.4, 0.5) is 24.7 Å². The molecule has 1 aliphatic rings. The number of halogens is 3. The van der Waals surface area contributed by atoms with E-state index in [1.807, 2.05) is 4.90 Å². The molecule has 11 heteroatoms. The molecule has 1 atom stereocenters. The Morgan fingerprint density at radius 3 is 2.62 bits per heavy atom. The first-order chi connectivity index (χ1) is 16.2. The zero-order valence-electron chi connectivity index (χ0n) is 17.6. The molecule has 0 spiro atoms. The molecular formula is C23H18F3N5O3. The molecule has 3 heterocycles. The van der Waals surface area contributed by atoms with Crippen molar-refractivity contribution in [2.45, 2.75) is 18.9 Å². The van der Waals surface area contributed by atoms with E-state index >= 15 is 0 Å². The Morgan fingerprint density at radius 1 is 1.21 bits per heavy atom. The highest BCUT2D eigenvalue weighted by atomic mass is 19.4. The van der Waals surface area contributed by atoms with Gasteiger partial charge in [-0.1, -0.05) is 0 Å². The summed E-state index contributed by atoms with van der Waals surface area (Å²) in [6.07, 6.45) is -0.400. The van der Waals surface area contributed by atoms with Crippen LogP contribution in [0.15, 0.2) is 55.0 Å². The van der Waals surface area contributed by atoms with E-state index < -0.39 is 24.1 Å². The number of ether oxygens (including phenoxy) is 1. The smallest absolute Gasteiger partial charge is 0.406 e. The Morgan fingerprint density at radius 2 is 1.97 bits per heavy atom. The van der Waals surface area contributed by atoms with E-state index in [0.29, 0.717) is 42.0 Å². The minimum absolute atomic E-state index is 0.168. The topological polar surface area (TPSA) is 111 Å². The average molecular weight is 469 g/mol. The number of anilines is 2. The molecule has 1 saturated heterocycles. The molecule has 1 aliphatic heterocycles. The molecule has 174 valence electrons. The van der Waals surface area contributed by atoms with Gasteiger partial charge >= 0.3 is 6.36 Å². The third-order valence-corrected chi connectivity index (χ3v) is 5.17. The zero-order valence-corrected chi connectivity index (χ0v) is 17.6. The van der Waals surface area contributed by atoms with Crippen molar-refractivity contribution in [2.75, 3.05) is 23.3 Å². The number of pyridine rings is 2. The first kappa shape index (κ1) is 23.0. The normalized spacial score (nSPS) is 15.6. The summed E-state index contributed by atoms with van der Waals surface area (Å²) in [5, 5.41) is 22.1. The number of hydrogen-bond acceptors (Lipinski definition) is 7. The van der Waals surface area contributed by atoms with Gasteiger partial charge in [0.15, 0.2) is 0 Å². The van der Waals surface area contributed by atoms with Crippen LogP contribution in [0.2, 0.25) is 0 Å². The number of rotatable bonds is 5. The highest BCUT2D eigenvalue weighted by Gasteiger charge is 2.31. The number of alkyl halides is 3. The fourth-order valence-electron chi connectivity index (χ4n) is 3.62. The summed E-state index contributed by atoms with van der Waals surface area (Å²) in [5.41, 5.74) is 1.75. The van der Waals surface area contributed by atoms with E-state index in [1.54, 1.807) is 12.1 Å². The van der Waals surface area contributed by atoms with Crippen molar-refractivity contribution >= 4 is 17.4 Å². The summed E-state index contributed by atoms with van der Waals surface area (Å²) >= 11 is 0. The predicted octanol–water partition coefficient (Wildman–Crippen LogP) is 3.74. The van der Waals surface area contributed by atoms with E-state index in [1.165, 1.54) is 30.7 Å². The number of nitriles is 1. The van der Waals surface area contributed by atoms with E-state index in [2.05, 4.69) is 26.1 Å². The van der Waals surface area contributed by atoms with E-state index in [9.17, 15) is 28.3 Å². The second-order valence-electron chi connectivity index (χ2n) is 7.54. The SMILES string of the molecule is N#Cc1ccncc1-c1cc(C(=O)Nc2ccc(OC(F)(F)F)cc2)cnc1N1CCC(O)C1. The summed E-state index contributed by atoms with van der Waals surface area (Å²) in [7, 11) is 0. The van der Waals surface area contributed by atoms with Crippen LogP contribution in [0, 0.1) is 11.3 Å². The number of aromatic nitrogens is 2. The summed E-state index contributed by atoms with van der Waals surface area (Å²) in [4.78, 5) is 23.2. The third-order valence-electron chi connectivity index (χ3n) is 5.17. The molecule has 4 rings (SSSR count). The van der Waals surface area contributed by atoms with Gasteiger partial charge in [-0.3, -0.25) is 9.78 Å². The molecule has 1 aromatic carbocycles. The van der Waals surface area contributed by atoms with Crippen molar-refractivity contribution in [3.8, 4) is 22.9 Å². The van der Waals surface area contributed by atoms with Crippen LogP contribution in [0.5, 0.6) is 5.75 Å². The van der Waals surface area contributed by atoms with Crippen LogP contribution in [-0.2, 0) is 0 Å². The predicted molar refractivity (Wildman–Crippen MR) is 116 cm³/mol. The lowest BCUT2D eigenvalue weighted by Gasteiger charge is -2.21. The second-order valence-corrected chi connectivity index (χ2v) is 7.54. The van der Waals surface area contributed by atoms with Crippen LogP contribution in [0.1, 0.15) is 22.3 Å². The minimum atomic E-state index is -4.81. The Balaban J connectivity index is 1.64. The maximum absolute atomic E-state index is 12.9. The Kier molecular flexibility index (Phi) is 6.34. The standard InChI is InChI=1S/C23H18F3N5O3/c24-23(25,26)34-18-3-1-16(2-4-18)30-22(33)15-9-19(20-12-28-7-5-14(20)10-27)21(29-11-15)31-8-6-17(32)13-31/h1-5,7,9,11-12,17,32H,6,8,13H2,(H,30,33). The molecule has 1 unspecified atom stereocenters.